The molecular weight excluding hydrogens is 226 g/mol. The van der Waals surface area contributed by atoms with E-state index in [1.807, 2.05) is 31.2 Å². The standard InChI is InChI=1S/C12H16ClNO2/c1-12(5-6-14)15-8-11(16-12)9-3-2-4-10(13)7-9/h2-4,7,11H,5-6,8,14H2,1H3. The zero-order valence-corrected chi connectivity index (χ0v) is 10.0. The lowest BCUT2D eigenvalue weighted by Gasteiger charge is -2.22. The van der Waals surface area contributed by atoms with Crippen LogP contribution in [-0.2, 0) is 9.47 Å². The Morgan fingerprint density at radius 3 is 3.06 bits per heavy atom. The van der Waals surface area contributed by atoms with E-state index in [4.69, 9.17) is 26.8 Å². The predicted molar refractivity (Wildman–Crippen MR) is 63.3 cm³/mol. The van der Waals surface area contributed by atoms with E-state index in [2.05, 4.69) is 0 Å². The largest absolute Gasteiger partial charge is 0.347 e. The van der Waals surface area contributed by atoms with Gasteiger partial charge in [0, 0.05) is 11.4 Å². The molecule has 1 saturated heterocycles. The van der Waals surface area contributed by atoms with E-state index < -0.39 is 5.79 Å². The van der Waals surface area contributed by atoms with E-state index in [1.54, 1.807) is 0 Å². The summed E-state index contributed by atoms with van der Waals surface area (Å²) < 4.78 is 11.5. The summed E-state index contributed by atoms with van der Waals surface area (Å²) in [7, 11) is 0. The highest BCUT2D eigenvalue weighted by Gasteiger charge is 2.37. The van der Waals surface area contributed by atoms with Crippen LogP contribution in [-0.4, -0.2) is 18.9 Å². The molecule has 2 unspecified atom stereocenters. The molecular formula is C12H16ClNO2. The van der Waals surface area contributed by atoms with Crippen molar-refractivity contribution in [1.29, 1.82) is 0 Å². The third-order valence-electron chi connectivity index (χ3n) is 2.75. The van der Waals surface area contributed by atoms with Crippen molar-refractivity contribution in [3.8, 4) is 0 Å². The normalized spacial score (nSPS) is 29.6. The minimum atomic E-state index is -0.554. The maximum absolute atomic E-state index is 5.94. The second-order valence-corrected chi connectivity index (χ2v) is 4.58. The molecule has 0 spiro atoms. The summed E-state index contributed by atoms with van der Waals surface area (Å²) in [5.41, 5.74) is 6.57. The van der Waals surface area contributed by atoms with Crippen molar-refractivity contribution in [1.82, 2.24) is 0 Å². The highest BCUT2D eigenvalue weighted by molar-refractivity contribution is 6.30. The van der Waals surface area contributed by atoms with Gasteiger partial charge in [0.15, 0.2) is 5.79 Å². The number of hydrogen-bond donors (Lipinski definition) is 1. The molecule has 0 radical (unpaired) electrons. The topological polar surface area (TPSA) is 44.5 Å². The van der Waals surface area contributed by atoms with E-state index in [9.17, 15) is 0 Å². The molecule has 0 saturated carbocycles. The molecule has 0 aromatic heterocycles. The Balaban J connectivity index is 2.09. The summed E-state index contributed by atoms with van der Waals surface area (Å²) in [5, 5.41) is 0.716. The minimum Gasteiger partial charge on any atom is -0.347 e. The molecule has 1 aromatic rings. The van der Waals surface area contributed by atoms with Crippen LogP contribution in [0.5, 0.6) is 0 Å². The van der Waals surface area contributed by atoms with Gasteiger partial charge in [0.2, 0.25) is 0 Å². The number of nitrogens with two attached hydrogens (primary N) is 1. The first-order valence-electron chi connectivity index (χ1n) is 5.40. The Bertz CT molecular complexity index is 372. The molecule has 16 heavy (non-hydrogen) atoms. The van der Waals surface area contributed by atoms with E-state index in [-0.39, 0.29) is 6.10 Å². The van der Waals surface area contributed by atoms with Gasteiger partial charge in [-0.05, 0) is 31.2 Å². The third kappa shape index (κ3) is 2.55. The van der Waals surface area contributed by atoms with Crippen molar-refractivity contribution in [2.45, 2.75) is 25.2 Å². The second kappa shape index (κ2) is 4.72. The molecule has 1 aliphatic rings. The van der Waals surface area contributed by atoms with Gasteiger partial charge in [-0.15, -0.1) is 0 Å². The van der Waals surface area contributed by atoms with Gasteiger partial charge in [0.05, 0.1) is 6.61 Å². The summed E-state index contributed by atoms with van der Waals surface area (Å²) >= 11 is 5.94. The maximum atomic E-state index is 5.94. The predicted octanol–water partition coefficient (Wildman–Crippen LogP) is 2.49. The summed E-state index contributed by atoms with van der Waals surface area (Å²) in [5.74, 6) is -0.554. The lowest BCUT2D eigenvalue weighted by atomic mass is 10.1. The lowest BCUT2D eigenvalue weighted by Crippen LogP contribution is -2.28. The number of rotatable bonds is 3. The van der Waals surface area contributed by atoms with Gasteiger partial charge in [-0.3, -0.25) is 0 Å². The summed E-state index contributed by atoms with van der Waals surface area (Å²) in [4.78, 5) is 0. The van der Waals surface area contributed by atoms with Gasteiger partial charge in [0.1, 0.15) is 6.10 Å². The monoisotopic (exact) mass is 241 g/mol. The maximum Gasteiger partial charge on any atom is 0.167 e. The number of benzene rings is 1. The smallest absolute Gasteiger partial charge is 0.167 e. The van der Waals surface area contributed by atoms with Crippen LogP contribution in [0.3, 0.4) is 0 Å². The average Bonchev–Trinajstić information content (AvgIpc) is 2.61. The average molecular weight is 242 g/mol. The Kier molecular flexibility index (Phi) is 3.50. The van der Waals surface area contributed by atoms with Gasteiger partial charge in [0.25, 0.3) is 0 Å². The Hall–Kier alpha value is -0.610. The first-order chi connectivity index (χ1) is 7.63. The van der Waals surface area contributed by atoms with Crippen molar-refractivity contribution >= 4 is 11.6 Å². The molecule has 0 bridgehead atoms. The molecule has 3 nitrogen and oxygen atoms in total. The molecule has 0 aliphatic carbocycles. The Labute approximate surface area is 100 Å². The fraction of sp³-hybridized carbons (Fsp3) is 0.500. The molecule has 2 N–H and O–H groups in total. The number of halogens is 1. The van der Waals surface area contributed by atoms with Crippen molar-refractivity contribution < 1.29 is 9.47 Å². The summed E-state index contributed by atoms with van der Waals surface area (Å²) in [6.07, 6.45) is 0.652. The molecule has 2 atom stereocenters. The summed E-state index contributed by atoms with van der Waals surface area (Å²) in [6.45, 7) is 3.03. The molecule has 1 aliphatic heterocycles. The van der Waals surface area contributed by atoms with Gasteiger partial charge in [-0.1, -0.05) is 23.7 Å². The Morgan fingerprint density at radius 1 is 1.56 bits per heavy atom. The van der Waals surface area contributed by atoms with Gasteiger partial charge < -0.3 is 15.2 Å². The first-order valence-corrected chi connectivity index (χ1v) is 5.78. The highest BCUT2D eigenvalue weighted by Crippen LogP contribution is 2.35. The van der Waals surface area contributed by atoms with Crippen LogP contribution in [0.4, 0.5) is 0 Å². The third-order valence-corrected chi connectivity index (χ3v) is 2.99. The lowest BCUT2D eigenvalue weighted by molar-refractivity contribution is -0.157. The van der Waals surface area contributed by atoms with Gasteiger partial charge >= 0.3 is 0 Å². The molecule has 88 valence electrons. The van der Waals surface area contributed by atoms with Crippen molar-refractivity contribution in [3.05, 3.63) is 34.9 Å². The van der Waals surface area contributed by atoms with E-state index >= 15 is 0 Å². The van der Waals surface area contributed by atoms with Gasteiger partial charge in [-0.2, -0.15) is 0 Å². The van der Waals surface area contributed by atoms with E-state index in [0.717, 1.165) is 5.56 Å². The zero-order chi connectivity index (χ0) is 11.6. The van der Waals surface area contributed by atoms with Crippen molar-refractivity contribution in [3.63, 3.8) is 0 Å². The van der Waals surface area contributed by atoms with Crippen molar-refractivity contribution in [2.75, 3.05) is 13.2 Å². The number of hydrogen-bond acceptors (Lipinski definition) is 3. The first kappa shape index (κ1) is 11.9. The highest BCUT2D eigenvalue weighted by atomic mass is 35.5. The Morgan fingerprint density at radius 2 is 2.38 bits per heavy atom. The second-order valence-electron chi connectivity index (χ2n) is 4.14. The van der Waals surface area contributed by atoms with Crippen LogP contribution < -0.4 is 5.73 Å². The molecule has 0 amide bonds. The SMILES string of the molecule is CC1(CCN)OCC(c2cccc(Cl)c2)O1. The summed E-state index contributed by atoms with van der Waals surface area (Å²) in [6, 6.07) is 7.66. The van der Waals surface area contributed by atoms with Gasteiger partial charge in [-0.25, -0.2) is 0 Å². The fourth-order valence-electron chi connectivity index (χ4n) is 1.89. The van der Waals surface area contributed by atoms with Crippen LogP contribution in [0.15, 0.2) is 24.3 Å². The minimum absolute atomic E-state index is 0.0461. The van der Waals surface area contributed by atoms with Crippen LogP contribution >= 0.6 is 11.6 Å². The number of ether oxygens (including phenoxy) is 2. The van der Waals surface area contributed by atoms with Crippen LogP contribution in [0, 0.1) is 0 Å². The molecule has 2 rings (SSSR count). The molecule has 1 fully saturated rings. The molecule has 4 heteroatoms. The van der Waals surface area contributed by atoms with Crippen LogP contribution in [0.1, 0.15) is 25.0 Å². The molecule has 1 aromatic carbocycles. The van der Waals surface area contributed by atoms with E-state index in [0.29, 0.717) is 24.6 Å². The van der Waals surface area contributed by atoms with Crippen LogP contribution in [0.25, 0.3) is 0 Å². The molecule has 1 heterocycles. The quantitative estimate of drug-likeness (QED) is 0.884. The van der Waals surface area contributed by atoms with Crippen LogP contribution in [0.2, 0.25) is 5.02 Å². The fourth-order valence-corrected chi connectivity index (χ4v) is 2.08. The van der Waals surface area contributed by atoms with E-state index in [1.165, 1.54) is 0 Å². The zero-order valence-electron chi connectivity index (χ0n) is 9.28. The van der Waals surface area contributed by atoms with Crippen molar-refractivity contribution in [2.24, 2.45) is 5.73 Å².